The van der Waals surface area contributed by atoms with Gasteiger partial charge in [-0.15, -0.1) is 0 Å². The summed E-state index contributed by atoms with van der Waals surface area (Å²) >= 11 is 3.33. The molecule has 118 valence electrons. The number of aromatic nitrogens is 3. The molecule has 0 aliphatic carbocycles. The van der Waals surface area contributed by atoms with Gasteiger partial charge >= 0.3 is 0 Å². The molecule has 3 rings (SSSR count). The number of fused-ring (bicyclic) bond motifs is 1. The predicted octanol–water partition coefficient (Wildman–Crippen LogP) is 2.37. The van der Waals surface area contributed by atoms with E-state index in [1.54, 1.807) is 24.4 Å². The Balaban J connectivity index is 2.17. The molecular formula is C14H11BrN4O3S. The lowest BCUT2D eigenvalue weighted by Crippen LogP contribution is -2.03. The van der Waals surface area contributed by atoms with Crippen molar-refractivity contribution in [2.45, 2.75) is 4.90 Å². The zero-order valence-electron chi connectivity index (χ0n) is 11.9. The van der Waals surface area contributed by atoms with E-state index >= 15 is 0 Å². The van der Waals surface area contributed by atoms with Gasteiger partial charge in [-0.2, -0.15) is 8.42 Å². The van der Waals surface area contributed by atoms with E-state index < -0.39 is 10.1 Å². The normalized spacial score (nSPS) is 11.7. The molecule has 0 radical (unpaired) electrons. The van der Waals surface area contributed by atoms with Gasteiger partial charge in [-0.05, 0) is 34.1 Å². The van der Waals surface area contributed by atoms with E-state index in [2.05, 4.69) is 35.1 Å². The third-order valence-electron chi connectivity index (χ3n) is 3.16. The summed E-state index contributed by atoms with van der Waals surface area (Å²) in [4.78, 5) is 12.7. The van der Waals surface area contributed by atoms with Gasteiger partial charge in [-0.1, -0.05) is 12.1 Å². The summed E-state index contributed by atoms with van der Waals surface area (Å²) in [5.74, 6) is 0.112. The molecule has 7 nitrogen and oxygen atoms in total. The lowest BCUT2D eigenvalue weighted by molar-refractivity contribution is 0.398. The van der Waals surface area contributed by atoms with Crippen LogP contribution in [0.25, 0.3) is 22.3 Å². The Hall–Kier alpha value is -2.10. The van der Waals surface area contributed by atoms with Crippen LogP contribution in [0.1, 0.15) is 0 Å². The highest BCUT2D eigenvalue weighted by Crippen LogP contribution is 2.27. The van der Waals surface area contributed by atoms with Gasteiger partial charge in [0.2, 0.25) is 5.95 Å². The van der Waals surface area contributed by atoms with Crippen LogP contribution in [0.4, 0.5) is 5.95 Å². The van der Waals surface area contributed by atoms with Crippen molar-refractivity contribution in [3.05, 3.63) is 41.0 Å². The maximum absolute atomic E-state index is 11.7. The molecular weight excluding hydrogens is 384 g/mol. The summed E-state index contributed by atoms with van der Waals surface area (Å²) in [5.41, 5.74) is 8.12. The Labute approximate surface area is 140 Å². The minimum atomic E-state index is -3.73. The maximum Gasteiger partial charge on any atom is 0.296 e. The molecule has 0 amide bonds. The second kappa shape index (κ2) is 5.84. The van der Waals surface area contributed by atoms with Crippen molar-refractivity contribution in [1.29, 1.82) is 0 Å². The number of anilines is 1. The molecule has 9 heteroatoms. The van der Waals surface area contributed by atoms with Crippen LogP contribution in [0.15, 0.2) is 45.9 Å². The lowest BCUT2D eigenvalue weighted by Gasteiger charge is -2.07. The first-order valence-electron chi connectivity index (χ1n) is 6.40. The standard InChI is InChI=1S/C14H11BrN4O3S/c1-22-23(20,21)10-4-2-8(3-5-10)12-13-11(18-14(16)19-12)6-9(15)7-17-13/h2-7H,1H3,(H2,16,18,19). The molecule has 0 unspecified atom stereocenters. The molecule has 2 N–H and O–H groups in total. The number of benzene rings is 1. The van der Waals surface area contributed by atoms with E-state index in [4.69, 9.17) is 5.73 Å². The zero-order valence-corrected chi connectivity index (χ0v) is 14.3. The lowest BCUT2D eigenvalue weighted by atomic mass is 10.1. The fourth-order valence-electron chi connectivity index (χ4n) is 2.09. The van der Waals surface area contributed by atoms with E-state index in [0.29, 0.717) is 22.3 Å². The van der Waals surface area contributed by atoms with Crippen molar-refractivity contribution in [1.82, 2.24) is 15.0 Å². The summed E-state index contributed by atoms with van der Waals surface area (Å²) in [7, 11) is -2.62. The van der Waals surface area contributed by atoms with Gasteiger partial charge in [0.25, 0.3) is 10.1 Å². The van der Waals surface area contributed by atoms with E-state index in [1.807, 2.05) is 0 Å². The molecule has 0 aliphatic heterocycles. The Morgan fingerprint density at radius 3 is 2.52 bits per heavy atom. The Morgan fingerprint density at radius 1 is 1.17 bits per heavy atom. The quantitative estimate of drug-likeness (QED) is 0.679. The molecule has 2 heterocycles. The highest BCUT2D eigenvalue weighted by atomic mass is 79.9. The number of nitrogens with zero attached hydrogens (tertiary/aromatic N) is 3. The number of nitrogen functional groups attached to an aromatic ring is 1. The molecule has 1 aromatic carbocycles. The number of hydrogen-bond donors (Lipinski definition) is 1. The summed E-state index contributed by atoms with van der Waals surface area (Å²) < 4.78 is 28.6. The molecule has 23 heavy (non-hydrogen) atoms. The highest BCUT2D eigenvalue weighted by molar-refractivity contribution is 9.10. The van der Waals surface area contributed by atoms with Crippen molar-refractivity contribution in [3.63, 3.8) is 0 Å². The first-order chi connectivity index (χ1) is 10.9. The van der Waals surface area contributed by atoms with Crippen LogP contribution < -0.4 is 5.73 Å². The third-order valence-corrected chi connectivity index (χ3v) is 4.88. The van der Waals surface area contributed by atoms with Crippen molar-refractivity contribution in [2.75, 3.05) is 12.8 Å². The van der Waals surface area contributed by atoms with Crippen molar-refractivity contribution < 1.29 is 12.6 Å². The average molecular weight is 395 g/mol. The monoisotopic (exact) mass is 394 g/mol. The van der Waals surface area contributed by atoms with Gasteiger partial charge < -0.3 is 5.73 Å². The topological polar surface area (TPSA) is 108 Å². The molecule has 0 saturated heterocycles. The maximum atomic E-state index is 11.7. The van der Waals surface area contributed by atoms with Crippen molar-refractivity contribution in [3.8, 4) is 11.3 Å². The van der Waals surface area contributed by atoms with Gasteiger partial charge in [0, 0.05) is 16.2 Å². The van der Waals surface area contributed by atoms with Gasteiger partial charge in [0.1, 0.15) is 11.2 Å². The minimum Gasteiger partial charge on any atom is -0.368 e. The van der Waals surface area contributed by atoms with E-state index in [9.17, 15) is 8.42 Å². The van der Waals surface area contributed by atoms with E-state index in [1.165, 1.54) is 12.1 Å². The Morgan fingerprint density at radius 2 is 1.87 bits per heavy atom. The van der Waals surface area contributed by atoms with Crippen LogP contribution in [0, 0.1) is 0 Å². The molecule has 0 fully saturated rings. The Kier molecular flexibility index (Phi) is 4.00. The van der Waals surface area contributed by atoms with Crippen LogP contribution in [0.3, 0.4) is 0 Å². The number of hydrogen-bond acceptors (Lipinski definition) is 7. The van der Waals surface area contributed by atoms with Gasteiger partial charge in [0.05, 0.1) is 17.5 Å². The minimum absolute atomic E-state index is 0.0609. The second-order valence-electron chi connectivity index (χ2n) is 4.60. The highest BCUT2D eigenvalue weighted by Gasteiger charge is 2.15. The van der Waals surface area contributed by atoms with Gasteiger partial charge in [-0.25, -0.2) is 9.97 Å². The first-order valence-corrected chi connectivity index (χ1v) is 8.60. The SMILES string of the molecule is COS(=O)(=O)c1ccc(-c2nc(N)nc3cc(Br)cnc23)cc1. The Bertz CT molecular complexity index is 986. The van der Waals surface area contributed by atoms with Crippen LogP contribution in [0.2, 0.25) is 0 Å². The fraction of sp³-hybridized carbons (Fsp3) is 0.0714. The molecule has 2 aromatic heterocycles. The third kappa shape index (κ3) is 3.03. The summed E-state index contributed by atoms with van der Waals surface area (Å²) in [6.45, 7) is 0. The van der Waals surface area contributed by atoms with Gasteiger partial charge in [-0.3, -0.25) is 9.17 Å². The fourth-order valence-corrected chi connectivity index (χ4v) is 3.07. The van der Waals surface area contributed by atoms with Crippen LogP contribution in [0.5, 0.6) is 0 Å². The predicted molar refractivity (Wildman–Crippen MR) is 89.1 cm³/mol. The number of nitrogens with two attached hydrogens (primary N) is 1. The molecule has 3 aromatic rings. The largest absolute Gasteiger partial charge is 0.368 e. The van der Waals surface area contributed by atoms with Gasteiger partial charge in [0.15, 0.2) is 0 Å². The number of halogens is 1. The number of rotatable bonds is 3. The van der Waals surface area contributed by atoms with Crippen LogP contribution >= 0.6 is 15.9 Å². The van der Waals surface area contributed by atoms with E-state index in [0.717, 1.165) is 11.6 Å². The average Bonchev–Trinajstić information content (AvgIpc) is 2.53. The molecule has 0 spiro atoms. The molecule has 0 aliphatic rings. The van der Waals surface area contributed by atoms with E-state index in [-0.39, 0.29) is 10.8 Å². The summed E-state index contributed by atoms with van der Waals surface area (Å²) in [6, 6.07) is 7.91. The molecule has 0 saturated carbocycles. The zero-order chi connectivity index (χ0) is 16.6. The number of pyridine rings is 1. The summed E-state index contributed by atoms with van der Waals surface area (Å²) in [6.07, 6.45) is 1.63. The van der Waals surface area contributed by atoms with Crippen molar-refractivity contribution in [2.24, 2.45) is 0 Å². The second-order valence-corrected chi connectivity index (χ2v) is 7.23. The smallest absolute Gasteiger partial charge is 0.296 e. The van der Waals surface area contributed by atoms with Crippen molar-refractivity contribution >= 4 is 43.0 Å². The molecule has 0 atom stereocenters. The molecule has 0 bridgehead atoms. The van der Waals surface area contributed by atoms with Crippen LogP contribution in [-0.2, 0) is 14.3 Å². The van der Waals surface area contributed by atoms with Crippen LogP contribution in [-0.4, -0.2) is 30.5 Å². The summed E-state index contributed by atoms with van der Waals surface area (Å²) in [5, 5.41) is 0. The first kappa shape index (κ1) is 15.8.